The highest BCUT2D eigenvalue weighted by atomic mass is 35.5. The van der Waals surface area contributed by atoms with Crippen LogP contribution >= 0.6 is 11.6 Å². The Morgan fingerprint density at radius 2 is 2.00 bits per heavy atom. The fourth-order valence-electron chi connectivity index (χ4n) is 1.79. The first-order valence-electron chi connectivity index (χ1n) is 5.94. The van der Waals surface area contributed by atoms with Crippen LogP contribution in [-0.4, -0.2) is 4.92 Å². The highest BCUT2D eigenvalue weighted by Crippen LogP contribution is 2.17. The van der Waals surface area contributed by atoms with Crippen molar-refractivity contribution in [1.82, 2.24) is 5.32 Å². The van der Waals surface area contributed by atoms with E-state index < -0.39 is 4.92 Å². The number of nitrogens with zero attached hydrogens (tertiary/aromatic N) is 1. The largest absolute Gasteiger partial charge is 0.309 e. The molecule has 0 bridgehead atoms. The molecular formula is C14H12ClFN2O2. The zero-order valence-corrected chi connectivity index (χ0v) is 11.2. The van der Waals surface area contributed by atoms with Crippen molar-refractivity contribution in [3.63, 3.8) is 0 Å². The summed E-state index contributed by atoms with van der Waals surface area (Å²) in [4.78, 5) is 10.2. The molecule has 0 fully saturated rings. The first-order chi connectivity index (χ1) is 9.56. The van der Waals surface area contributed by atoms with Gasteiger partial charge < -0.3 is 5.32 Å². The second kappa shape index (κ2) is 6.45. The topological polar surface area (TPSA) is 55.2 Å². The SMILES string of the molecule is O=[N+]([O-])c1cccc(CNCc2ccc(F)cc2Cl)c1. The normalized spacial score (nSPS) is 10.5. The van der Waals surface area contributed by atoms with Gasteiger partial charge >= 0.3 is 0 Å². The number of nitrogens with one attached hydrogen (secondary N) is 1. The van der Waals surface area contributed by atoms with Crippen molar-refractivity contribution >= 4 is 17.3 Å². The van der Waals surface area contributed by atoms with Gasteiger partial charge in [0, 0.05) is 30.2 Å². The molecule has 0 aromatic heterocycles. The summed E-state index contributed by atoms with van der Waals surface area (Å²) in [6, 6.07) is 10.6. The van der Waals surface area contributed by atoms with Gasteiger partial charge in [0.15, 0.2) is 0 Å². The average Bonchev–Trinajstić information content (AvgIpc) is 2.41. The zero-order chi connectivity index (χ0) is 14.5. The zero-order valence-electron chi connectivity index (χ0n) is 10.5. The third kappa shape index (κ3) is 3.76. The Balaban J connectivity index is 1.96. The molecule has 0 atom stereocenters. The molecule has 4 nitrogen and oxygen atoms in total. The monoisotopic (exact) mass is 294 g/mol. The van der Waals surface area contributed by atoms with Gasteiger partial charge in [0.25, 0.3) is 5.69 Å². The number of hydrogen-bond donors (Lipinski definition) is 1. The van der Waals surface area contributed by atoms with Crippen molar-refractivity contribution < 1.29 is 9.31 Å². The lowest BCUT2D eigenvalue weighted by atomic mass is 10.2. The minimum absolute atomic E-state index is 0.0594. The van der Waals surface area contributed by atoms with Gasteiger partial charge in [-0.25, -0.2) is 4.39 Å². The smallest absolute Gasteiger partial charge is 0.269 e. The second-order valence-electron chi connectivity index (χ2n) is 4.27. The molecule has 0 unspecified atom stereocenters. The summed E-state index contributed by atoms with van der Waals surface area (Å²) in [5.74, 6) is -0.377. The van der Waals surface area contributed by atoms with Crippen LogP contribution in [-0.2, 0) is 13.1 Å². The predicted molar refractivity (Wildman–Crippen MR) is 75.1 cm³/mol. The Bertz CT molecular complexity index is 634. The van der Waals surface area contributed by atoms with Crippen LogP contribution in [0, 0.1) is 15.9 Å². The van der Waals surface area contributed by atoms with Crippen LogP contribution in [0.5, 0.6) is 0 Å². The molecular weight excluding hydrogens is 283 g/mol. The van der Waals surface area contributed by atoms with E-state index in [0.717, 1.165) is 11.1 Å². The summed E-state index contributed by atoms with van der Waals surface area (Å²) >= 11 is 5.91. The molecule has 1 N–H and O–H groups in total. The van der Waals surface area contributed by atoms with E-state index in [1.807, 2.05) is 0 Å². The number of benzene rings is 2. The second-order valence-corrected chi connectivity index (χ2v) is 4.67. The summed E-state index contributed by atoms with van der Waals surface area (Å²) in [7, 11) is 0. The van der Waals surface area contributed by atoms with Crippen LogP contribution in [0.4, 0.5) is 10.1 Å². The van der Waals surface area contributed by atoms with Gasteiger partial charge in [-0.15, -0.1) is 0 Å². The third-order valence-corrected chi connectivity index (χ3v) is 3.13. The highest BCUT2D eigenvalue weighted by molar-refractivity contribution is 6.31. The van der Waals surface area contributed by atoms with Gasteiger partial charge in [0.05, 0.1) is 4.92 Å². The van der Waals surface area contributed by atoms with Gasteiger partial charge in [-0.1, -0.05) is 29.8 Å². The van der Waals surface area contributed by atoms with Crippen molar-refractivity contribution in [3.05, 3.63) is 74.5 Å². The Labute approximate surface area is 120 Å². The molecule has 0 amide bonds. The molecule has 2 aromatic carbocycles. The highest BCUT2D eigenvalue weighted by Gasteiger charge is 2.06. The van der Waals surface area contributed by atoms with E-state index in [-0.39, 0.29) is 11.5 Å². The predicted octanol–water partition coefficient (Wildman–Crippen LogP) is 3.68. The van der Waals surface area contributed by atoms with Crippen molar-refractivity contribution in [2.45, 2.75) is 13.1 Å². The van der Waals surface area contributed by atoms with Crippen LogP contribution < -0.4 is 5.32 Å². The summed E-state index contributed by atoms with van der Waals surface area (Å²) < 4.78 is 12.9. The minimum atomic E-state index is -0.430. The van der Waals surface area contributed by atoms with E-state index in [9.17, 15) is 14.5 Å². The average molecular weight is 295 g/mol. The molecule has 0 aliphatic carbocycles. The van der Waals surface area contributed by atoms with Gasteiger partial charge in [-0.3, -0.25) is 10.1 Å². The van der Waals surface area contributed by atoms with E-state index in [1.54, 1.807) is 18.2 Å². The van der Waals surface area contributed by atoms with Crippen LogP contribution in [0.25, 0.3) is 0 Å². The number of non-ortho nitro benzene ring substituents is 1. The Morgan fingerprint density at radius 3 is 2.70 bits per heavy atom. The Kier molecular flexibility index (Phi) is 4.65. The van der Waals surface area contributed by atoms with Crippen molar-refractivity contribution in [3.8, 4) is 0 Å². The van der Waals surface area contributed by atoms with E-state index in [0.29, 0.717) is 18.1 Å². The summed E-state index contributed by atoms with van der Waals surface area (Å²) in [6.45, 7) is 0.928. The quantitative estimate of drug-likeness (QED) is 0.676. The van der Waals surface area contributed by atoms with E-state index in [1.165, 1.54) is 24.3 Å². The third-order valence-electron chi connectivity index (χ3n) is 2.78. The van der Waals surface area contributed by atoms with Crippen molar-refractivity contribution in [1.29, 1.82) is 0 Å². The number of halogens is 2. The molecule has 0 spiro atoms. The van der Waals surface area contributed by atoms with Crippen LogP contribution in [0.1, 0.15) is 11.1 Å². The summed E-state index contributed by atoms with van der Waals surface area (Å²) in [5.41, 5.74) is 1.64. The van der Waals surface area contributed by atoms with Crippen LogP contribution in [0.2, 0.25) is 5.02 Å². The standard InChI is InChI=1S/C14H12ClFN2O2/c15-14-7-12(16)5-4-11(14)9-17-8-10-2-1-3-13(6-10)18(19)20/h1-7,17H,8-9H2. The maximum Gasteiger partial charge on any atom is 0.269 e. The maximum absolute atomic E-state index is 12.9. The van der Waals surface area contributed by atoms with Crippen molar-refractivity contribution in [2.75, 3.05) is 0 Å². The van der Waals surface area contributed by atoms with E-state index >= 15 is 0 Å². The molecule has 0 aliphatic rings. The van der Waals surface area contributed by atoms with Crippen molar-refractivity contribution in [2.24, 2.45) is 0 Å². The molecule has 2 rings (SSSR count). The molecule has 0 saturated carbocycles. The Hall–Kier alpha value is -1.98. The number of nitro groups is 1. The lowest BCUT2D eigenvalue weighted by Crippen LogP contribution is -2.13. The lowest BCUT2D eigenvalue weighted by Gasteiger charge is -2.07. The first-order valence-corrected chi connectivity index (χ1v) is 6.32. The van der Waals surface area contributed by atoms with Gasteiger partial charge in [0.2, 0.25) is 0 Å². The fraction of sp³-hybridized carbons (Fsp3) is 0.143. The fourth-order valence-corrected chi connectivity index (χ4v) is 2.02. The van der Waals surface area contributed by atoms with E-state index in [2.05, 4.69) is 5.32 Å². The molecule has 20 heavy (non-hydrogen) atoms. The molecule has 0 heterocycles. The molecule has 2 aromatic rings. The molecule has 6 heteroatoms. The molecule has 0 saturated heterocycles. The lowest BCUT2D eigenvalue weighted by molar-refractivity contribution is -0.384. The Morgan fingerprint density at radius 1 is 1.20 bits per heavy atom. The van der Waals surface area contributed by atoms with Gasteiger partial charge in [-0.05, 0) is 23.3 Å². The summed E-state index contributed by atoms with van der Waals surface area (Å²) in [6.07, 6.45) is 0. The maximum atomic E-state index is 12.9. The molecule has 0 radical (unpaired) electrons. The number of nitro benzene ring substituents is 1. The molecule has 0 aliphatic heterocycles. The van der Waals surface area contributed by atoms with Crippen LogP contribution in [0.3, 0.4) is 0 Å². The van der Waals surface area contributed by atoms with E-state index in [4.69, 9.17) is 11.6 Å². The number of hydrogen-bond acceptors (Lipinski definition) is 3. The molecule has 104 valence electrons. The van der Waals surface area contributed by atoms with Crippen LogP contribution in [0.15, 0.2) is 42.5 Å². The first kappa shape index (κ1) is 14.4. The van der Waals surface area contributed by atoms with Gasteiger partial charge in [0.1, 0.15) is 5.82 Å². The minimum Gasteiger partial charge on any atom is -0.309 e. The van der Waals surface area contributed by atoms with Gasteiger partial charge in [-0.2, -0.15) is 0 Å². The summed E-state index contributed by atoms with van der Waals surface area (Å²) in [5, 5.41) is 14.1. The number of rotatable bonds is 5.